The van der Waals surface area contributed by atoms with E-state index in [4.69, 9.17) is 4.74 Å². The molecule has 204 valence electrons. The number of nitrogens with zero attached hydrogens (tertiary/aromatic N) is 4. The molecule has 2 heterocycles. The Hall–Kier alpha value is -5.56. The van der Waals surface area contributed by atoms with E-state index in [1.54, 1.807) is 42.5 Å². The van der Waals surface area contributed by atoms with Gasteiger partial charge >= 0.3 is 11.7 Å². The van der Waals surface area contributed by atoms with Crippen LogP contribution in [0.5, 0.6) is 5.75 Å². The minimum atomic E-state index is -0.871. The highest BCUT2D eigenvalue weighted by atomic mass is 32.2. The number of carbonyl (C=O) groups is 4. The van der Waals surface area contributed by atoms with E-state index in [1.165, 1.54) is 16.8 Å². The van der Waals surface area contributed by atoms with Crippen LogP contribution in [-0.2, 0) is 20.9 Å². The van der Waals surface area contributed by atoms with Gasteiger partial charge < -0.3 is 4.74 Å². The summed E-state index contributed by atoms with van der Waals surface area (Å²) in [6, 6.07) is 24.5. The standard InChI is InChI=1S/C28H20N6O6S/c35-23(17-33-28(39)34(20-12-5-2-6-13-20)25(32-33)18-9-3-1-4-10-18)31-29-16-19-11-7-8-14-21(19)40-24(36)15-22-26(37)30-27(38)41-22/h1-16H,17H2,(H,31,35)(H,30,37,38)/b22-15+,29-16+. The van der Waals surface area contributed by atoms with Gasteiger partial charge in [-0.15, -0.1) is 5.10 Å². The number of hydrogen-bond acceptors (Lipinski definition) is 9. The van der Waals surface area contributed by atoms with Crippen LogP contribution >= 0.6 is 11.8 Å². The molecule has 41 heavy (non-hydrogen) atoms. The maximum Gasteiger partial charge on any atom is 0.351 e. The number of benzene rings is 3. The number of ether oxygens (including phenoxy) is 1. The summed E-state index contributed by atoms with van der Waals surface area (Å²) in [5.74, 6) is -1.69. The number of thioether (sulfide) groups is 1. The average molecular weight is 569 g/mol. The zero-order chi connectivity index (χ0) is 28.8. The third-order valence-electron chi connectivity index (χ3n) is 5.59. The Morgan fingerprint density at radius 1 is 0.951 bits per heavy atom. The van der Waals surface area contributed by atoms with Gasteiger partial charge in [0.1, 0.15) is 12.3 Å². The van der Waals surface area contributed by atoms with Crippen molar-refractivity contribution in [2.24, 2.45) is 5.10 Å². The Morgan fingerprint density at radius 3 is 2.34 bits per heavy atom. The molecule has 1 aliphatic rings. The van der Waals surface area contributed by atoms with Gasteiger partial charge in [-0.1, -0.05) is 60.7 Å². The van der Waals surface area contributed by atoms with E-state index in [2.05, 4.69) is 15.6 Å². The Labute approximate surface area is 236 Å². The molecule has 2 N–H and O–H groups in total. The van der Waals surface area contributed by atoms with Crippen LogP contribution in [0.3, 0.4) is 0 Å². The van der Waals surface area contributed by atoms with Gasteiger partial charge in [-0.2, -0.15) is 5.10 Å². The van der Waals surface area contributed by atoms with E-state index < -0.39 is 35.3 Å². The van der Waals surface area contributed by atoms with E-state index in [1.807, 2.05) is 41.7 Å². The van der Waals surface area contributed by atoms with E-state index in [-0.39, 0.29) is 10.7 Å². The number of nitrogens with one attached hydrogen (secondary N) is 2. The zero-order valence-electron chi connectivity index (χ0n) is 21.1. The summed E-state index contributed by atoms with van der Waals surface area (Å²) in [6.07, 6.45) is 2.17. The largest absolute Gasteiger partial charge is 0.423 e. The van der Waals surface area contributed by atoms with Crippen molar-refractivity contribution >= 4 is 41.0 Å². The molecule has 0 saturated carbocycles. The SMILES string of the molecule is O=C(Cn1nc(-c2ccccc2)n(-c2ccccc2)c1=O)N/N=C/c1ccccc1OC(=O)/C=C1/SC(=O)NC1=O. The summed E-state index contributed by atoms with van der Waals surface area (Å²) in [4.78, 5) is 61.0. The Kier molecular flexibility index (Phi) is 7.97. The number of hydrogen-bond donors (Lipinski definition) is 2. The Morgan fingerprint density at radius 2 is 1.63 bits per heavy atom. The Balaban J connectivity index is 1.29. The summed E-state index contributed by atoms with van der Waals surface area (Å²) in [7, 11) is 0. The molecule has 0 bridgehead atoms. The Bertz CT molecular complexity index is 1760. The molecule has 1 fully saturated rings. The molecule has 5 rings (SSSR count). The first-order valence-corrected chi connectivity index (χ1v) is 12.9. The van der Waals surface area contributed by atoms with E-state index in [0.717, 1.165) is 10.8 Å². The predicted octanol–water partition coefficient (Wildman–Crippen LogP) is 2.62. The first kappa shape index (κ1) is 27.0. The van der Waals surface area contributed by atoms with Gasteiger partial charge in [-0.25, -0.2) is 24.3 Å². The summed E-state index contributed by atoms with van der Waals surface area (Å²) in [5.41, 5.74) is 3.48. The number of aromatic nitrogens is 3. The highest BCUT2D eigenvalue weighted by Crippen LogP contribution is 2.24. The third kappa shape index (κ3) is 6.37. The van der Waals surface area contributed by atoms with Gasteiger partial charge in [0.15, 0.2) is 5.82 Å². The molecule has 1 aliphatic heterocycles. The lowest BCUT2D eigenvalue weighted by atomic mass is 10.2. The highest BCUT2D eigenvalue weighted by molar-refractivity contribution is 8.18. The molecule has 1 saturated heterocycles. The maximum absolute atomic E-state index is 13.3. The van der Waals surface area contributed by atoms with Crippen molar-refractivity contribution < 1.29 is 23.9 Å². The van der Waals surface area contributed by atoms with E-state index >= 15 is 0 Å². The molecule has 0 atom stereocenters. The molecule has 0 unspecified atom stereocenters. The van der Waals surface area contributed by atoms with Crippen LogP contribution in [0.1, 0.15) is 5.56 Å². The predicted molar refractivity (Wildman–Crippen MR) is 150 cm³/mol. The number of rotatable bonds is 8. The van der Waals surface area contributed by atoms with Gasteiger partial charge in [0, 0.05) is 17.2 Å². The number of carbonyl (C=O) groups excluding carboxylic acids is 4. The van der Waals surface area contributed by atoms with Crippen molar-refractivity contribution in [2.75, 3.05) is 0 Å². The van der Waals surface area contributed by atoms with Crippen LogP contribution in [0.15, 0.2) is 106 Å². The minimum absolute atomic E-state index is 0.0845. The summed E-state index contributed by atoms with van der Waals surface area (Å²) < 4.78 is 7.75. The molecule has 0 radical (unpaired) electrons. The van der Waals surface area contributed by atoms with Crippen LogP contribution in [0.2, 0.25) is 0 Å². The number of hydrazone groups is 1. The van der Waals surface area contributed by atoms with E-state index in [9.17, 15) is 24.0 Å². The zero-order valence-corrected chi connectivity index (χ0v) is 21.9. The number of amides is 3. The van der Waals surface area contributed by atoms with Crippen LogP contribution in [-0.4, -0.2) is 43.6 Å². The molecule has 4 aromatic rings. The maximum atomic E-state index is 13.3. The van der Waals surface area contributed by atoms with Crippen LogP contribution < -0.4 is 21.2 Å². The third-order valence-corrected chi connectivity index (χ3v) is 6.40. The molecule has 1 aromatic heterocycles. The van der Waals surface area contributed by atoms with E-state index in [0.29, 0.717) is 34.4 Å². The fraction of sp³-hybridized carbons (Fsp3) is 0.0357. The fourth-order valence-corrected chi connectivity index (χ4v) is 4.43. The first-order chi connectivity index (χ1) is 19.9. The molecule has 0 aliphatic carbocycles. The van der Waals surface area contributed by atoms with Crippen molar-refractivity contribution in [3.05, 3.63) is 112 Å². The number of para-hydroxylation sites is 2. The molecular formula is C28H20N6O6S. The molecule has 3 aromatic carbocycles. The van der Waals surface area contributed by atoms with Gasteiger partial charge in [0.2, 0.25) is 0 Å². The van der Waals surface area contributed by atoms with Gasteiger partial charge in [0.05, 0.1) is 16.8 Å². The monoisotopic (exact) mass is 568 g/mol. The van der Waals surface area contributed by atoms with Crippen molar-refractivity contribution in [3.8, 4) is 22.8 Å². The number of esters is 1. The van der Waals surface area contributed by atoms with Crippen LogP contribution in [0, 0.1) is 0 Å². The van der Waals surface area contributed by atoms with Crippen LogP contribution in [0.4, 0.5) is 4.79 Å². The smallest absolute Gasteiger partial charge is 0.351 e. The minimum Gasteiger partial charge on any atom is -0.423 e. The average Bonchev–Trinajstić information content (AvgIpc) is 3.47. The summed E-state index contributed by atoms with van der Waals surface area (Å²) >= 11 is 0.591. The summed E-state index contributed by atoms with van der Waals surface area (Å²) in [5, 5.41) is 9.78. The highest BCUT2D eigenvalue weighted by Gasteiger charge is 2.26. The van der Waals surface area contributed by atoms with Crippen molar-refractivity contribution in [1.82, 2.24) is 25.1 Å². The fourth-order valence-electron chi connectivity index (χ4n) is 3.79. The number of imide groups is 1. The van der Waals surface area contributed by atoms with Gasteiger partial charge in [0.25, 0.3) is 17.1 Å². The normalized spacial score (nSPS) is 13.9. The molecule has 13 heteroatoms. The molecule has 0 spiro atoms. The second kappa shape index (κ2) is 12.1. The lowest BCUT2D eigenvalue weighted by Gasteiger charge is -2.05. The molecular weight excluding hydrogens is 548 g/mol. The molecule has 12 nitrogen and oxygen atoms in total. The van der Waals surface area contributed by atoms with Crippen molar-refractivity contribution in [1.29, 1.82) is 0 Å². The summed E-state index contributed by atoms with van der Waals surface area (Å²) in [6.45, 7) is -0.404. The topological polar surface area (TPSA) is 154 Å². The van der Waals surface area contributed by atoms with Gasteiger partial charge in [-0.3, -0.25) is 19.7 Å². The van der Waals surface area contributed by atoms with Crippen molar-refractivity contribution in [2.45, 2.75) is 6.54 Å². The molecule has 3 amide bonds. The van der Waals surface area contributed by atoms with Crippen LogP contribution in [0.25, 0.3) is 17.1 Å². The quantitative estimate of drug-likeness (QED) is 0.108. The first-order valence-electron chi connectivity index (χ1n) is 12.1. The van der Waals surface area contributed by atoms with Gasteiger partial charge in [-0.05, 0) is 36.0 Å². The lowest BCUT2D eigenvalue weighted by molar-refractivity contribution is -0.129. The second-order valence-electron chi connectivity index (χ2n) is 8.41. The van der Waals surface area contributed by atoms with Crippen molar-refractivity contribution in [3.63, 3.8) is 0 Å². The second-order valence-corrected chi connectivity index (χ2v) is 9.42. The lowest BCUT2D eigenvalue weighted by Crippen LogP contribution is -2.31.